The van der Waals surface area contributed by atoms with Crippen LogP contribution in [0.4, 0.5) is 0 Å². The van der Waals surface area contributed by atoms with E-state index < -0.39 is 35.7 Å². The highest BCUT2D eigenvalue weighted by molar-refractivity contribution is 5.86. The van der Waals surface area contributed by atoms with Crippen molar-refractivity contribution in [1.29, 1.82) is 0 Å². The molecule has 156 valence electrons. The van der Waals surface area contributed by atoms with Crippen molar-refractivity contribution in [1.82, 2.24) is 0 Å². The lowest BCUT2D eigenvalue weighted by molar-refractivity contribution is -0.167. The number of hydrogen-bond acceptors (Lipinski definition) is 4. The molecule has 0 bridgehead atoms. The van der Waals surface area contributed by atoms with Crippen LogP contribution < -0.4 is 0 Å². The van der Waals surface area contributed by atoms with Gasteiger partial charge in [0, 0.05) is 0 Å². The van der Waals surface area contributed by atoms with Gasteiger partial charge in [0.15, 0.2) is 0 Å². The lowest BCUT2D eigenvalue weighted by Gasteiger charge is -2.31. The van der Waals surface area contributed by atoms with Crippen molar-refractivity contribution in [3.63, 3.8) is 0 Å². The number of esters is 1. The van der Waals surface area contributed by atoms with Crippen LogP contribution in [0.2, 0.25) is 0 Å². The zero-order valence-corrected chi connectivity index (χ0v) is 16.8. The smallest absolute Gasteiger partial charge is 0.309 e. The summed E-state index contributed by atoms with van der Waals surface area (Å²) < 4.78 is 5.27. The number of aliphatic carboxylic acids is 2. The Bertz CT molecular complexity index is 473. The molecule has 1 saturated carbocycles. The highest BCUT2D eigenvalue weighted by atomic mass is 16.5. The number of carbonyl (C=O) groups excluding carboxylic acids is 1. The third-order valence-corrected chi connectivity index (χ3v) is 5.47. The Morgan fingerprint density at radius 3 is 1.96 bits per heavy atom. The average molecular weight is 385 g/mol. The second kappa shape index (κ2) is 12.7. The van der Waals surface area contributed by atoms with E-state index in [0.717, 1.165) is 25.2 Å². The first-order valence-electron chi connectivity index (χ1n) is 10.5. The summed E-state index contributed by atoms with van der Waals surface area (Å²) in [5.41, 5.74) is 0. The van der Waals surface area contributed by atoms with Crippen LogP contribution in [0.1, 0.15) is 84.5 Å². The molecule has 0 heterocycles. The average Bonchev–Trinajstić information content (AvgIpc) is 2.61. The Labute approximate surface area is 162 Å². The molecule has 1 rings (SSSR count). The molecule has 0 aromatic heterocycles. The highest BCUT2D eigenvalue weighted by Gasteiger charge is 2.46. The van der Waals surface area contributed by atoms with Gasteiger partial charge in [0.1, 0.15) is 0 Å². The Morgan fingerprint density at radius 2 is 1.41 bits per heavy atom. The van der Waals surface area contributed by atoms with Crippen molar-refractivity contribution in [2.24, 2.45) is 23.7 Å². The lowest BCUT2D eigenvalue weighted by Crippen LogP contribution is -2.42. The van der Waals surface area contributed by atoms with Gasteiger partial charge < -0.3 is 14.9 Å². The summed E-state index contributed by atoms with van der Waals surface area (Å²) in [5.74, 6) is -5.19. The molecule has 3 atom stereocenters. The minimum atomic E-state index is -1.22. The fourth-order valence-electron chi connectivity index (χ4n) is 3.90. The number of hydrogen-bond donors (Lipinski definition) is 2. The molecule has 1 aliphatic carbocycles. The van der Waals surface area contributed by atoms with Gasteiger partial charge >= 0.3 is 17.9 Å². The van der Waals surface area contributed by atoms with E-state index in [0.29, 0.717) is 19.3 Å². The fraction of sp³-hybridized carbons (Fsp3) is 0.857. The standard InChI is InChI=1S/C21H36O6/c1-15(2)11-8-6-4-3-5-7-9-14-27-21(26)17-13-10-12-16(19(22)23)18(17)20(24)25/h15-18H,3-14H2,1-2H3,(H,22,23)(H,24,25). The van der Waals surface area contributed by atoms with Gasteiger partial charge in [-0.2, -0.15) is 0 Å². The molecule has 27 heavy (non-hydrogen) atoms. The molecular formula is C21H36O6. The van der Waals surface area contributed by atoms with Crippen LogP contribution in [0, 0.1) is 23.7 Å². The molecule has 1 aliphatic rings. The van der Waals surface area contributed by atoms with E-state index in [9.17, 15) is 24.6 Å². The minimum Gasteiger partial charge on any atom is -0.481 e. The van der Waals surface area contributed by atoms with Crippen molar-refractivity contribution < 1.29 is 29.3 Å². The van der Waals surface area contributed by atoms with Crippen LogP contribution in [-0.2, 0) is 19.1 Å². The van der Waals surface area contributed by atoms with Crippen molar-refractivity contribution in [2.75, 3.05) is 6.61 Å². The number of ether oxygens (including phenoxy) is 1. The Balaban J connectivity index is 2.22. The summed E-state index contributed by atoms with van der Waals surface area (Å²) >= 11 is 0. The molecule has 6 heteroatoms. The van der Waals surface area contributed by atoms with E-state index in [4.69, 9.17) is 4.74 Å². The van der Waals surface area contributed by atoms with Gasteiger partial charge in [-0.05, 0) is 25.2 Å². The van der Waals surface area contributed by atoms with Gasteiger partial charge in [-0.1, -0.05) is 65.2 Å². The second-order valence-electron chi connectivity index (χ2n) is 8.17. The maximum Gasteiger partial charge on any atom is 0.309 e. The molecule has 1 fully saturated rings. The van der Waals surface area contributed by atoms with Gasteiger partial charge in [-0.15, -0.1) is 0 Å². The molecule has 0 aliphatic heterocycles. The number of carboxylic acids is 2. The van der Waals surface area contributed by atoms with Crippen LogP contribution in [0.5, 0.6) is 0 Å². The first-order valence-corrected chi connectivity index (χ1v) is 10.5. The monoisotopic (exact) mass is 384 g/mol. The summed E-state index contributed by atoms with van der Waals surface area (Å²) in [6, 6.07) is 0. The van der Waals surface area contributed by atoms with E-state index in [1.807, 2.05) is 0 Å². The molecule has 0 spiro atoms. The molecule has 0 radical (unpaired) electrons. The summed E-state index contributed by atoms with van der Waals surface area (Å²) in [5, 5.41) is 18.6. The molecule has 0 aromatic carbocycles. The second-order valence-corrected chi connectivity index (χ2v) is 8.17. The van der Waals surface area contributed by atoms with Crippen LogP contribution in [0.3, 0.4) is 0 Å². The molecule has 3 unspecified atom stereocenters. The van der Waals surface area contributed by atoms with E-state index >= 15 is 0 Å². The molecule has 0 saturated heterocycles. The van der Waals surface area contributed by atoms with Crippen molar-refractivity contribution in [2.45, 2.75) is 84.5 Å². The molecular weight excluding hydrogens is 348 g/mol. The van der Waals surface area contributed by atoms with E-state index in [1.165, 1.54) is 32.1 Å². The summed E-state index contributed by atoms with van der Waals surface area (Å²) in [6.45, 7) is 4.77. The van der Waals surface area contributed by atoms with Gasteiger partial charge in [-0.3, -0.25) is 14.4 Å². The molecule has 6 nitrogen and oxygen atoms in total. The molecule has 0 aromatic rings. The number of rotatable bonds is 13. The topological polar surface area (TPSA) is 101 Å². The predicted octanol–water partition coefficient (Wildman–Crippen LogP) is 4.51. The van der Waals surface area contributed by atoms with Crippen LogP contribution in [0.15, 0.2) is 0 Å². The van der Waals surface area contributed by atoms with Gasteiger partial charge in [0.05, 0.1) is 24.4 Å². The van der Waals surface area contributed by atoms with Crippen LogP contribution in [0.25, 0.3) is 0 Å². The zero-order chi connectivity index (χ0) is 20.2. The summed E-state index contributed by atoms with van der Waals surface area (Å²) in [7, 11) is 0. The summed E-state index contributed by atoms with van der Waals surface area (Å²) in [6.07, 6.45) is 10.4. The predicted molar refractivity (Wildman–Crippen MR) is 102 cm³/mol. The number of carboxylic acid groups (broad SMARTS) is 2. The SMILES string of the molecule is CC(C)CCCCCCCCCOC(=O)C1CCCC(C(=O)O)C1C(=O)O. The minimum absolute atomic E-state index is 0.284. The van der Waals surface area contributed by atoms with E-state index in [-0.39, 0.29) is 6.61 Å². The van der Waals surface area contributed by atoms with Gasteiger partial charge in [-0.25, -0.2) is 0 Å². The van der Waals surface area contributed by atoms with Crippen molar-refractivity contribution in [3.8, 4) is 0 Å². The lowest BCUT2D eigenvalue weighted by atomic mass is 9.72. The Kier molecular flexibility index (Phi) is 11.1. The molecule has 0 amide bonds. The van der Waals surface area contributed by atoms with Gasteiger partial charge in [0.2, 0.25) is 0 Å². The van der Waals surface area contributed by atoms with Gasteiger partial charge in [0.25, 0.3) is 0 Å². The normalized spacial score (nSPS) is 22.6. The van der Waals surface area contributed by atoms with E-state index in [1.54, 1.807) is 0 Å². The number of carbonyl (C=O) groups is 3. The van der Waals surface area contributed by atoms with Crippen molar-refractivity contribution in [3.05, 3.63) is 0 Å². The van der Waals surface area contributed by atoms with Crippen LogP contribution >= 0.6 is 0 Å². The first kappa shape index (κ1) is 23.4. The Hall–Kier alpha value is -1.59. The quantitative estimate of drug-likeness (QED) is 0.358. The molecule has 2 N–H and O–H groups in total. The van der Waals surface area contributed by atoms with Crippen LogP contribution in [-0.4, -0.2) is 34.7 Å². The fourth-order valence-corrected chi connectivity index (χ4v) is 3.90. The third-order valence-electron chi connectivity index (χ3n) is 5.47. The maximum atomic E-state index is 12.3. The maximum absolute atomic E-state index is 12.3. The Morgan fingerprint density at radius 1 is 0.852 bits per heavy atom. The third kappa shape index (κ3) is 8.76. The van der Waals surface area contributed by atoms with E-state index in [2.05, 4.69) is 13.8 Å². The highest BCUT2D eigenvalue weighted by Crippen LogP contribution is 2.36. The largest absolute Gasteiger partial charge is 0.481 e. The zero-order valence-electron chi connectivity index (χ0n) is 16.8. The number of unbranched alkanes of at least 4 members (excludes halogenated alkanes) is 6. The summed E-state index contributed by atoms with van der Waals surface area (Å²) in [4.78, 5) is 35.0. The van der Waals surface area contributed by atoms with Crippen molar-refractivity contribution >= 4 is 17.9 Å². The first-order chi connectivity index (χ1) is 12.8.